The lowest BCUT2D eigenvalue weighted by atomic mass is 10.2. The predicted octanol–water partition coefficient (Wildman–Crippen LogP) is 2.55. The van der Waals surface area contributed by atoms with Gasteiger partial charge in [-0.05, 0) is 40.5 Å². The van der Waals surface area contributed by atoms with Crippen molar-refractivity contribution in [2.24, 2.45) is 0 Å². The average Bonchev–Trinajstić information content (AvgIpc) is 2.68. The van der Waals surface area contributed by atoms with Crippen molar-refractivity contribution in [2.45, 2.75) is 11.8 Å². The first-order chi connectivity index (χ1) is 7.99. The van der Waals surface area contributed by atoms with E-state index in [1.807, 2.05) is 6.92 Å². The molecule has 2 aromatic rings. The average molecular weight is 317 g/mol. The summed E-state index contributed by atoms with van der Waals surface area (Å²) in [7, 11) is -3.63. The van der Waals surface area contributed by atoms with E-state index < -0.39 is 10.0 Å². The molecule has 90 valence electrons. The summed E-state index contributed by atoms with van der Waals surface area (Å²) in [4.78, 5) is 0.171. The molecule has 0 aliphatic heterocycles. The highest BCUT2D eigenvalue weighted by Crippen LogP contribution is 2.24. The Bertz CT molecular complexity index is 623. The molecule has 0 aliphatic rings. The summed E-state index contributed by atoms with van der Waals surface area (Å²) in [6, 6.07) is 5.00. The lowest BCUT2D eigenvalue weighted by Crippen LogP contribution is -2.13. The van der Waals surface area contributed by atoms with Gasteiger partial charge in [0.25, 0.3) is 10.0 Å². The van der Waals surface area contributed by atoms with E-state index in [2.05, 4.69) is 30.3 Å². The zero-order chi connectivity index (χ0) is 12.5. The number of benzene rings is 1. The molecule has 1 N–H and O–H groups in total. The highest BCUT2D eigenvalue weighted by molar-refractivity contribution is 9.10. The first-order valence-corrected chi connectivity index (χ1v) is 6.95. The van der Waals surface area contributed by atoms with E-state index in [1.54, 1.807) is 12.1 Å². The van der Waals surface area contributed by atoms with E-state index in [0.717, 1.165) is 5.56 Å². The zero-order valence-electron chi connectivity index (χ0n) is 8.84. The molecular formula is C10H9BrN2O3S. The van der Waals surface area contributed by atoms with Gasteiger partial charge in [-0.15, -0.1) is 0 Å². The molecule has 0 spiro atoms. The molecular weight excluding hydrogens is 308 g/mol. The summed E-state index contributed by atoms with van der Waals surface area (Å²) in [6.45, 7) is 1.88. The highest BCUT2D eigenvalue weighted by atomic mass is 79.9. The Labute approximate surface area is 107 Å². The molecule has 2 rings (SSSR count). The Balaban J connectivity index is 2.38. The third-order valence-corrected chi connectivity index (χ3v) is 4.42. The molecule has 0 saturated carbocycles. The van der Waals surface area contributed by atoms with Crippen LogP contribution in [0.1, 0.15) is 5.56 Å². The summed E-state index contributed by atoms with van der Waals surface area (Å²) < 4.78 is 31.5. The lowest BCUT2D eigenvalue weighted by molar-refractivity contribution is 0.420. The first kappa shape index (κ1) is 12.1. The largest absolute Gasteiger partial charge is 0.362 e. The van der Waals surface area contributed by atoms with Gasteiger partial charge in [0.1, 0.15) is 16.8 Å². The Hall–Kier alpha value is -1.34. The molecule has 0 saturated heterocycles. The summed E-state index contributed by atoms with van der Waals surface area (Å²) in [6.07, 6.45) is 2.51. The SMILES string of the molecule is Cc1ccc(S(=O)(=O)Nc2cnoc2)c(Br)c1. The fourth-order valence-corrected chi connectivity index (χ4v) is 3.51. The number of hydrogen-bond donors (Lipinski definition) is 1. The Morgan fingerprint density at radius 2 is 2.18 bits per heavy atom. The smallest absolute Gasteiger partial charge is 0.263 e. The molecule has 1 aromatic heterocycles. The number of hydrogen-bond acceptors (Lipinski definition) is 4. The number of aromatic nitrogens is 1. The van der Waals surface area contributed by atoms with Crippen LogP contribution in [0.4, 0.5) is 5.69 Å². The monoisotopic (exact) mass is 316 g/mol. The van der Waals surface area contributed by atoms with E-state index in [4.69, 9.17) is 0 Å². The zero-order valence-corrected chi connectivity index (χ0v) is 11.2. The fraction of sp³-hybridized carbons (Fsp3) is 0.100. The second-order valence-electron chi connectivity index (χ2n) is 3.45. The molecule has 17 heavy (non-hydrogen) atoms. The van der Waals surface area contributed by atoms with Crippen LogP contribution in [-0.2, 0) is 10.0 Å². The molecule has 1 heterocycles. The van der Waals surface area contributed by atoms with Crippen LogP contribution in [-0.4, -0.2) is 13.6 Å². The van der Waals surface area contributed by atoms with Gasteiger partial charge in [0.2, 0.25) is 0 Å². The Kier molecular flexibility index (Phi) is 3.21. The van der Waals surface area contributed by atoms with Crippen molar-refractivity contribution in [1.29, 1.82) is 0 Å². The molecule has 0 atom stereocenters. The normalized spacial score (nSPS) is 11.4. The second kappa shape index (κ2) is 4.50. The fourth-order valence-electron chi connectivity index (χ4n) is 1.29. The van der Waals surface area contributed by atoms with Gasteiger partial charge in [0, 0.05) is 4.47 Å². The molecule has 0 aliphatic carbocycles. The molecule has 0 radical (unpaired) electrons. The van der Waals surface area contributed by atoms with Gasteiger partial charge in [-0.25, -0.2) is 8.42 Å². The standard InChI is InChI=1S/C10H9BrN2O3S/c1-7-2-3-10(9(11)4-7)17(14,15)13-8-5-12-16-6-8/h2-6,13H,1H3. The van der Waals surface area contributed by atoms with Gasteiger partial charge < -0.3 is 4.52 Å². The lowest BCUT2D eigenvalue weighted by Gasteiger charge is -2.07. The third-order valence-electron chi connectivity index (χ3n) is 2.06. The molecule has 0 unspecified atom stereocenters. The minimum absolute atomic E-state index is 0.171. The van der Waals surface area contributed by atoms with Crippen molar-refractivity contribution in [3.8, 4) is 0 Å². The van der Waals surface area contributed by atoms with Gasteiger partial charge in [0.05, 0.1) is 6.20 Å². The summed E-state index contributed by atoms with van der Waals surface area (Å²) >= 11 is 3.23. The maximum atomic E-state index is 12.0. The van der Waals surface area contributed by atoms with Crippen molar-refractivity contribution in [1.82, 2.24) is 5.16 Å². The van der Waals surface area contributed by atoms with Crippen molar-refractivity contribution in [3.05, 3.63) is 40.7 Å². The van der Waals surface area contributed by atoms with E-state index in [0.29, 0.717) is 4.47 Å². The van der Waals surface area contributed by atoms with Crippen molar-refractivity contribution >= 4 is 31.6 Å². The van der Waals surface area contributed by atoms with E-state index in [9.17, 15) is 8.42 Å². The van der Waals surface area contributed by atoms with Crippen LogP contribution in [0.5, 0.6) is 0 Å². The summed E-state index contributed by atoms with van der Waals surface area (Å²) in [5.74, 6) is 0. The van der Waals surface area contributed by atoms with Crippen LogP contribution in [0.3, 0.4) is 0 Å². The van der Waals surface area contributed by atoms with Gasteiger partial charge >= 0.3 is 0 Å². The Morgan fingerprint density at radius 3 is 2.76 bits per heavy atom. The number of sulfonamides is 1. The van der Waals surface area contributed by atoms with Gasteiger partial charge in [-0.2, -0.15) is 0 Å². The van der Waals surface area contributed by atoms with E-state index in [-0.39, 0.29) is 10.6 Å². The number of anilines is 1. The molecule has 5 nitrogen and oxygen atoms in total. The molecule has 0 bridgehead atoms. The van der Waals surface area contributed by atoms with Gasteiger partial charge in [-0.1, -0.05) is 11.2 Å². The maximum Gasteiger partial charge on any atom is 0.263 e. The predicted molar refractivity (Wildman–Crippen MR) is 66.2 cm³/mol. The number of nitrogens with zero attached hydrogens (tertiary/aromatic N) is 1. The van der Waals surface area contributed by atoms with E-state index >= 15 is 0 Å². The van der Waals surface area contributed by atoms with Crippen LogP contribution in [0.25, 0.3) is 0 Å². The third kappa shape index (κ3) is 2.67. The molecule has 1 aromatic carbocycles. The van der Waals surface area contributed by atoms with Crippen molar-refractivity contribution < 1.29 is 12.9 Å². The number of halogens is 1. The molecule has 0 amide bonds. The highest BCUT2D eigenvalue weighted by Gasteiger charge is 2.18. The van der Waals surface area contributed by atoms with Crippen LogP contribution in [0.2, 0.25) is 0 Å². The quantitative estimate of drug-likeness (QED) is 0.944. The minimum atomic E-state index is -3.63. The Morgan fingerprint density at radius 1 is 1.41 bits per heavy atom. The molecule has 0 fully saturated rings. The van der Waals surface area contributed by atoms with Crippen LogP contribution in [0, 0.1) is 6.92 Å². The van der Waals surface area contributed by atoms with Gasteiger partial charge in [0.15, 0.2) is 0 Å². The number of nitrogens with one attached hydrogen (secondary N) is 1. The number of rotatable bonds is 3. The van der Waals surface area contributed by atoms with Crippen molar-refractivity contribution in [2.75, 3.05) is 4.72 Å². The molecule has 7 heteroatoms. The van der Waals surface area contributed by atoms with E-state index in [1.165, 1.54) is 18.5 Å². The first-order valence-electron chi connectivity index (χ1n) is 4.67. The van der Waals surface area contributed by atoms with Crippen LogP contribution < -0.4 is 4.72 Å². The topological polar surface area (TPSA) is 72.2 Å². The maximum absolute atomic E-state index is 12.0. The second-order valence-corrected chi connectivity index (χ2v) is 5.96. The minimum Gasteiger partial charge on any atom is -0.362 e. The van der Waals surface area contributed by atoms with Gasteiger partial charge in [-0.3, -0.25) is 4.72 Å². The van der Waals surface area contributed by atoms with Crippen LogP contribution >= 0.6 is 15.9 Å². The number of aryl methyl sites for hydroxylation is 1. The summed E-state index contributed by atoms with van der Waals surface area (Å²) in [5, 5.41) is 3.42. The summed E-state index contributed by atoms with van der Waals surface area (Å²) in [5.41, 5.74) is 1.26. The van der Waals surface area contributed by atoms with Crippen molar-refractivity contribution in [3.63, 3.8) is 0 Å². The van der Waals surface area contributed by atoms with Crippen LogP contribution in [0.15, 0.2) is 44.6 Å².